The lowest BCUT2D eigenvalue weighted by molar-refractivity contribution is -0.0326. The highest BCUT2D eigenvalue weighted by Crippen LogP contribution is 2.46. The minimum atomic E-state index is 0.304. The van der Waals surface area contributed by atoms with Crippen LogP contribution in [0.25, 0.3) is 0 Å². The van der Waals surface area contributed by atoms with Crippen LogP contribution in [0.15, 0.2) is 0 Å². The molecule has 2 heteroatoms. The maximum absolute atomic E-state index is 2.79. The normalized spacial score (nSPS) is 37.3. The van der Waals surface area contributed by atoms with Gasteiger partial charge in [-0.05, 0) is 39.7 Å². The number of rotatable bonds is 0. The van der Waals surface area contributed by atoms with Crippen molar-refractivity contribution in [2.24, 2.45) is 5.41 Å². The molecule has 0 aromatic heterocycles. The Morgan fingerprint density at radius 2 is 1.56 bits per heavy atom. The monoisotopic (exact) mass is 224 g/mol. The third-order valence-corrected chi connectivity index (χ3v) is 4.30. The summed E-state index contributed by atoms with van der Waals surface area (Å²) in [6, 6.07) is 2.25. The van der Waals surface area contributed by atoms with Crippen LogP contribution in [-0.4, -0.2) is 47.1 Å². The van der Waals surface area contributed by atoms with Gasteiger partial charge in [0.2, 0.25) is 0 Å². The first kappa shape index (κ1) is 12.4. The van der Waals surface area contributed by atoms with Crippen LogP contribution in [0, 0.1) is 5.41 Å². The molecule has 2 aliphatic rings. The Hall–Kier alpha value is -0.0800. The van der Waals surface area contributed by atoms with Crippen molar-refractivity contribution in [1.29, 1.82) is 0 Å². The van der Waals surface area contributed by atoms with Gasteiger partial charge in [-0.3, -0.25) is 4.90 Å². The molecule has 16 heavy (non-hydrogen) atoms. The molecule has 0 aromatic rings. The van der Waals surface area contributed by atoms with Crippen molar-refractivity contribution >= 4 is 0 Å². The van der Waals surface area contributed by atoms with Crippen LogP contribution in [0.2, 0.25) is 0 Å². The van der Waals surface area contributed by atoms with Crippen molar-refractivity contribution in [2.75, 3.05) is 13.6 Å². The summed E-state index contributed by atoms with van der Waals surface area (Å²) in [5, 5.41) is 0. The van der Waals surface area contributed by atoms with Crippen LogP contribution < -0.4 is 0 Å². The lowest BCUT2D eigenvalue weighted by Gasteiger charge is -2.51. The molecule has 2 saturated heterocycles. The van der Waals surface area contributed by atoms with Gasteiger partial charge in [-0.25, -0.2) is 0 Å². The highest BCUT2D eigenvalue weighted by Gasteiger charge is 2.55. The van der Waals surface area contributed by atoms with Crippen molar-refractivity contribution in [2.45, 2.75) is 71.6 Å². The highest BCUT2D eigenvalue weighted by molar-refractivity contribution is 5.11. The Kier molecular flexibility index (Phi) is 2.67. The third-order valence-electron chi connectivity index (χ3n) is 4.30. The topological polar surface area (TPSA) is 6.48 Å². The fourth-order valence-corrected chi connectivity index (χ4v) is 3.94. The Balaban J connectivity index is 2.32. The van der Waals surface area contributed by atoms with Gasteiger partial charge in [0, 0.05) is 30.2 Å². The predicted octanol–water partition coefficient (Wildman–Crippen LogP) is 2.59. The zero-order chi connectivity index (χ0) is 12.3. The smallest absolute Gasteiger partial charge is 0.0309 e. The van der Waals surface area contributed by atoms with E-state index in [0.717, 1.165) is 12.1 Å². The first-order valence-electron chi connectivity index (χ1n) is 6.61. The zero-order valence-corrected chi connectivity index (χ0v) is 12.0. The Morgan fingerprint density at radius 1 is 1.00 bits per heavy atom. The minimum absolute atomic E-state index is 0.304. The fraction of sp³-hybridized carbons (Fsp3) is 1.00. The summed E-state index contributed by atoms with van der Waals surface area (Å²) in [6.45, 7) is 15.5. The zero-order valence-electron chi connectivity index (χ0n) is 12.0. The molecule has 0 aliphatic carbocycles. The number of piperazine rings is 1. The van der Waals surface area contributed by atoms with E-state index in [2.05, 4.69) is 58.4 Å². The van der Waals surface area contributed by atoms with E-state index < -0.39 is 0 Å². The Bertz CT molecular complexity index is 271. The molecule has 2 rings (SSSR count). The molecule has 0 saturated carbocycles. The number of likely N-dealkylation sites (tertiary alicyclic amines) is 2. The summed E-state index contributed by atoms with van der Waals surface area (Å²) in [5.41, 5.74) is 0.681. The van der Waals surface area contributed by atoms with Gasteiger partial charge in [0.05, 0.1) is 0 Å². The van der Waals surface area contributed by atoms with Crippen molar-refractivity contribution in [3.8, 4) is 0 Å². The van der Waals surface area contributed by atoms with Gasteiger partial charge in [0.15, 0.2) is 0 Å². The third kappa shape index (κ3) is 1.80. The maximum atomic E-state index is 2.79. The largest absolute Gasteiger partial charge is 0.300 e. The minimum Gasteiger partial charge on any atom is -0.300 e. The van der Waals surface area contributed by atoms with E-state index in [-0.39, 0.29) is 0 Å². The molecular weight excluding hydrogens is 196 g/mol. The van der Waals surface area contributed by atoms with Crippen molar-refractivity contribution in [1.82, 2.24) is 9.80 Å². The van der Waals surface area contributed by atoms with Gasteiger partial charge >= 0.3 is 0 Å². The number of nitrogens with zero attached hydrogens (tertiary/aromatic N) is 2. The lowest BCUT2D eigenvalue weighted by atomic mass is 9.80. The van der Waals surface area contributed by atoms with Gasteiger partial charge in [0.25, 0.3) is 0 Å². The molecular formula is C14H28N2. The van der Waals surface area contributed by atoms with E-state index in [9.17, 15) is 0 Å². The summed E-state index contributed by atoms with van der Waals surface area (Å²) in [6.07, 6.45) is 1.37. The van der Waals surface area contributed by atoms with Crippen LogP contribution in [-0.2, 0) is 0 Å². The van der Waals surface area contributed by atoms with Crippen LogP contribution in [0.1, 0.15) is 48.0 Å². The van der Waals surface area contributed by atoms with Gasteiger partial charge in [-0.2, -0.15) is 0 Å². The van der Waals surface area contributed by atoms with E-state index in [0.29, 0.717) is 17.0 Å². The number of likely N-dealkylation sites (N-methyl/N-ethyl adjacent to an activating group) is 1. The number of hydrogen-bond donors (Lipinski definition) is 0. The molecule has 0 N–H and O–H groups in total. The summed E-state index contributed by atoms with van der Waals surface area (Å²) in [4.78, 5) is 5.36. The molecule has 0 spiro atoms. The second-order valence-corrected chi connectivity index (χ2v) is 7.79. The van der Waals surface area contributed by atoms with E-state index in [1.807, 2.05) is 0 Å². The number of hydrogen-bond acceptors (Lipinski definition) is 2. The average Bonchev–Trinajstić information content (AvgIpc) is 2.55. The summed E-state index contributed by atoms with van der Waals surface area (Å²) >= 11 is 0. The Labute approximate surface area is 101 Å². The quantitative estimate of drug-likeness (QED) is 0.624. The second-order valence-electron chi connectivity index (χ2n) is 7.79. The summed E-state index contributed by atoms with van der Waals surface area (Å²) < 4.78 is 0. The molecule has 3 unspecified atom stereocenters. The predicted molar refractivity (Wildman–Crippen MR) is 69.7 cm³/mol. The van der Waals surface area contributed by atoms with Gasteiger partial charge in [0.1, 0.15) is 0 Å². The van der Waals surface area contributed by atoms with Gasteiger partial charge in [-0.1, -0.05) is 20.8 Å². The standard InChI is InChI=1S/C14H28N2/c1-13(2,3)12-11-8-10(9-15(11)7)16(12)14(4,5)6/h10-12H,8-9H2,1-7H3. The van der Waals surface area contributed by atoms with Crippen molar-refractivity contribution in [3.05, 3.63) is 0 Å². The first-order chi connectivity index (χ1) is 7.12. The van der Waals surface area contributed by atoms with E-state index >= 15 is 0 Å². The summed E-state index contributed by atoms with van der Waals surface area (Å²) in [5.74, 6) is 0. The van der Waals surface area contributed by atoms with E-state index in [1.54, 1.807) is 0 Å². The highest BCUT2D eigenvalue weighted by atomic mass is 15.4. The van der Waals surface area contributed by atoms with E-state index in [4.69, 9.17) is 0 Å². The van der Waals surface area contributed by atoms with E-state index in [1.165, 1.54) is 13.0 Å². The molecule has 2 bridgehead atoms. The van der Waals surface area contributed by atoms with Crippen LogP contribution in [0.5, 0.6) is 0 Å². The molecule has 2 heterocycles. The molecule has 94 valence electrons. The van der Waals surface area contributed by atoms with Gasteiger partial charge < -0.3 is 4.90 Å². The first-order valence-corrected chi connectivity index (χ1v) is 6.61. The van der Waals surface area contributed by atoms with Crippen LogP contribution >= 0.6 is 0 Å². The average molecular weight is 224 g/mol. The number of fused-ring (bicyclic) bond motifs is 2. The molecule has 0 aromatic carbocycles. The van der Waals surface area contributed by atoms with Crippen LogP contribution in [0.4, 0.5) is 0 Å². The molecule has 2 nitrogen and oxygen atoms in total. The van der Waals surface area contributed by atoms with Crippen molar-refractivity contribution < 1.29 is 0 Å². The SMILES string of the molecule is CN1CC2CC1C(C(C)(C)C)N2C(C)(C)C. The van der Waals surface area contributed by atoms with Crippen molar-refractivity contribution in [3.63, 3.8) is 0 Å². The summed E-state index contributed by atoms with van der Waals surface area (Å²) in [7, 11) is 2.30. The Morgan fingerprint density at radius 3 is 2.00 bits per heavy atom. The molecule has 3 atom stereocenters. The van der Waals surface area contributed by atoms with Crippen LogP contribution in [0.3, 0.4) is 0 Å². The lowest BCUT2D eigenvalue weighted by Crippen LogP contribution is -2.62. The van der Waals surface area contributed by atoms with Gasteiger partial charge in [-0.15, -0.1) is 0 Å². The maximum Gasteiger partial charge on any atom is 0.0309 e. The molecule has 0 radical (unpaired) electrons. The molecule has 0 amide bonds. The molecule has 2 fully saturated rings. The molecule has 2 aliphatic heterocycles. The fourth-order valence-electron chi connectivity index (χ4n) is 3.94. The second kappa shape index (κ2) is 3.46.